The average Bonchev–Trinajstić information content (AvgIpc) is 3.75. The average molecular weight is 628 g/mol. The van der Waals surface area contributed by atoms with Crippen molar-refractivity contribution in [3.8, 4) is 22.3 Å². The van der Waals surface area contributed by atoms with E-state index in [9.17, 15) is 0 Å². The molecule has 0 saturated heterocycles. The van der Waals surface area contributed by atoms with Crippen LogP contribution in [0.4, 0.5) is 17.1 Å². The van der Waals surface area contributed by atoms with E-state index < -0.39 is 0 Å². The van der Waals surface area contributed by atoms with Gasteiger partial charge in [0.05, 0.1) is 16.8 Å². The second-order valence-corrected chi connectivity index (χ2v) is 12.5. The first-order valence-corrected chi connectivity index (χ1v) is 16.6. The number of rotatable bonds is 5. The van der Waals surface area contributed by atoms with Crippen LogP contribution >= 0.6 is 0 Å². The fourth-order valence-corrected chi connectivity index (χ4v) is 7.36. The molecule has 0 N–H and O–H groups in total. The van der Waals surface area contributed by atoms with Gasteiger partial charge in [-0.15, -0.1) is 0 Å². The van der Waals surface area contributed by atoms with Gasteiger partial charge in [-0.1, -0.05) is 127 Å². The monoisotopic (exact) mass is 627 g/mol. The van der Waals surface area contributed by atoms with Crippen molar-refractivity contribution in [2.45, 2.75) is 0 Å². The predicted molar refractivity (Wildman–Crippen MR) is 204 cm³/mol. The third-order valence-electron chi connectivity index (χ3n) is 9.66. The molecule has 0 bridgehead atoms. The fraction of sp³-hybridized carbons (Fsp3) is 0. The van der Waals surface area contributed by atoms with Crippen molar-refractivity contribution >= 4 is 71.7 Å². The van der Waals surface area contributed by atoms with Crippen molar-refractivity contribution < 1.29 is 8.83 Å². The number of para-hydroxylation sites is 1. The van der Waals surface area contributed by atoms with Gasteiger partial charge in [0.2, 0.25) is 0 Å². The first-order valence-electron chi connectivity index (χ1n) is 16.6. The molecule has 0 aliphatic heterocycles. The molecule has 0 saturated carbocycles. The van der Waals surface area contributed by atoms with Crippen molar-refractivity contribution in [2.24, 2.45) is 0 Å². The lowest BCUT2D eigenvalue weighted by molar-refractivity contribution is 0.669. The highest BCUT2D eigenvalue weighted by atomic mass is 16.3. The van der Waals surface area contributed by atoms with Gasteiger partial charge in [0.15, 0.2) is 0 Å². The number of anilines is 3. The Balaban J connectivity index is 1.26. The maximum atomic E-state index is 6.72. The Labute approximate surface area is 282 Å². The van der Waals surface area contributed by atoms with E-state index in [4.69, 9.17) is 8.83 Å². The molecule has 49 heavy (non-hydrogen) atoms. The summed E-state index contributed by atoms with van der Waals surface area (Å²) in [5, 5.41) is 6.52. The second-order valence-electron chi connectivity index (χ2n) is 12.5. The van der Waals surface area contributed by atoms with Gasteiger partial charge in [-0.3, -0.25) is 0 Å². The predicted octanol–water partition coefficient (Wildman–Crippen LogP) is 13.4. The molecule has 0 unspecified atom stereocenters. The standard InChI is InChI=1S/C46H29NO2/c1-3-12-30(13-4-1)32-22-25-34(26-23-32)47(40-19-11-21-43-45(40)38-18-9-10-20-42(38)48-43)41-29-39-36-27-24-33(31-14-5-2-6-15-31)28-44(36)49-46(39)37-17-8-7-16-35(37)41/h1-29H. The molecule has 2 aromatic heterocycles. The summed E-state index contributed by atoms with van der Waals surface area (Å²) in [5.74, 6) is 0. The molecule has 10 aromatic rings. The zero-order valence-electron chi connectivity index (χ0n) is 26.5. The van der Waals surface area contributed by atoms with Crippen molar-refractivity contribution in [3.05, 3.63) is 176 Å². The Kier molecular flexibility index (Phi) is 6.18. The van der Waals surface area contributed by atoms with Gasteiger partial charge in [0.25, 0.3) is 0 Å². The summed E-state index contributed by atoms with van der Waals surface area (Å²) >= 11 is 0. The summed E-state index contributed by atoms with van der Waals surface area (Å²) in [4.78, 5) is 2.39. The zero-order chi connectivity index (χ0) is 32.3. The largest absolute Gasteiger partial charge is 0.456 e. The molecule has 0 atom stereocenters. The number of hydrogen-bond acceptors (Lipinski definition) is 3. The van der Waals surface area contributed by atoms with Crippen molar-refractivity contribution in [3.63, 3.8) is 0 Å². The molecular weight excluding hydrogens is 599 g/mol. The molecule has 10 rings (SSSR count). The Morgan fingerprint density at radius 1 is 0.327 bits per heavy atom. The van der Waals surface area contributed by atoms with E-state index >= 15 is 0 Å². The van der Waals surface area contributed by atoms with Gasteiger partial charge in [0.1, 0.15) is 22.3 Å². The summed E-state index contributed by atoms with van der Waals surface area (Å²) in [6.45, 7) is 0. The summed E-state index contributed by atoms with van der Waals surface area (Å²) < 4.78 is 13.1. The van der Waals surface area contributed by atoms with E-state index in [1.807, 2.05) is 18.2 Å². The lowest BCUT2D eigenvalue weighted by Crippen LogP contribution is -2.11. The molecule has 8 aromatic carbocycles. The highest BCUT2D eigenvalue weighted by Gasteiger charge is 2.23. The summed E-state index contributed by atoms with van der Waals surface area (Å²) in [6, 6.07) is 62.0. The van der Waals surface area contributed by atoms with Crippen LogP contribution in [0, 0.1) is 0 Å². The number of benzene rings is 8. The highest BCUT2D eigenvalue weighted by Crippen LogP contribution is 2.48. The number of nitrogens with zero attached hydrogens (tertiary/aromatic N) is 1. The van der Waals surface area contributed by atoms with E-state index in [2.05, 4.69) is 163 Å². The Morgan fingerprint density at radius 2 is 0.939 bits per heavy atom. The molecule has 0 amide bonds. The smallest absolute Gasteiger partial charge is 0.143 e. The van der Waals surface area contributed by atoms with Gasteiger partial charge in [-0.05, 0) is 70.8 Å². The summed E-state index contributed by atoms with van der Waals surface area (Å²) in [7, 11) is 0. The van der Waals surface area contributed by atoms with Crippen LogP contribution in [0.25, 0.3) is 76.9 Å². The van der Waals surface area contributed by atoms with Crippen LogP contribution < -0.4 is 4.90 Å². The van der Waals surface area contributed by atoms with Crippen LogP contribution in [0.3, 0.4) is 0 Å². The molecule has 2 heterocycles. The first kappa shape index (κ1) is 27.5. The number of furan rings is 2. The van der Waals surface area contributed by atoms with E-state index in [1.54, 1.807) is 0 Å². The van der Waals surface area contributed by atoms with Crippen LogP contribution in [0.1, 0.15) is 0 Å². The Hall–Kier alpha value is -6.58. The van der Waals surface area contributed by atoms with Crippen LogP contribution in [0.5, 0.6) is 0 Å². The molecule has 0 aliphatic carbocycles. The minimum Gasteiger partial charge on any atom is -0.456 e. The lowest BCUT2D eigenvalue weighted by Gasteiger charge is -2.28. The van der Waals surface area contributed by atoms with Gasteiger partial charge in [-0.2, -0.15) is 0 Å². The number of fused-ring (bicyclic) bond motifs is 8. The maximum Gasteiger partial charge on any atom is 0.143 e. The van der Waals surface area contributed by atoms with Crippen molar-refractivity contribution in [1.29, 1.82) is 0 Å². The summed E-state index contributed by atoms with van der Waals surface area (Å²) in [5.41, 5.74) is 11.4. The van der Waals surface area contributed by atoms with Crippen molar-refractivity contribution in [2.75, 3.05) is 4.90 Å². The summed E-state index contributed by atoms with van der Waals surface area (Å²) in [6.07, 6.45) is 0. The van der Waals surface area contributed by atoms with E-state index in [1.165, 1.54) is 16.7 Å². The molecule has 230 valence electrons. The molecule has 0 aliphatic rings. The molecule has 0 fully saturated rings. The van der Waals surface area contributed by atoms with Crippen LogP contribution in [-0.2, 0) is 0 Å². The van der Waals surface area contributed by atoms with E-state index in [0.29, 0.717) is 0 Å². The zero-order valence-corrected chi connectivity index (χ0v) is 26.5. The van der Waals surface area contributed by atoms with E-state index in [0.717, 1.165) is 77.3 Å². The molecule has 0 radical (unpaired) electrons. The van der Waals surface area contributed by atoms with E-state index in [-0.39, 0.29) is 0 Å². The van der Waals surface area contributed by atoms with Gasteiger partial charge in [-0.25, -0.2) is 0 Å². The normalized spacial score (nSPS) is 11.7. The topological polar surface area (TPSA) is 29.5 Å². The highest BCUT2D eigenvalue weighted by molar-refractivity contribution is 6.21. The molecule has 3 heteroatoms. The van der Waals surface area contributed by atoms with Gasteiger partial charge < -0.3 is 13.7 Å². The van der Waals surface area contributed by atoms with Crippen LogP contribution in [0.15, 0.2) is 185 Å². The lowest BCUT2D eigenvalue weighted by atomic mass is 9.99. The minimum atomic E-state index is 0.859. The second kappa shape index (κ2) is 11.0. The number of hydrogen-bond donors (Lipinski definition) is 0. The SMILES string of the molecule is c1ccc(-c2ccc(N(c3cc4c5ccc(-c6ccccc6)cc5oc4c4ccccc34)c3cccc4oc5ccccc5c34)cc2)cc1. The Bertz CT molecular complexity index is 2810. The third kappa shape index (κ3) is 4.44. The molecule has 0 spiro atoms. The van der Waals surface area contributed by atoms with Crippen LogP contribution in [-0.4, -0.2) is 0 Å². The fourth-order valence-electron chi connectivity index (χ4n) is 7.36. The van der Waals surface area contributed by atoms with Gasteiger partial charge >= 0.3 is 0 Å². The molecule has 3 nitrogen and oxygen atoms in total. The van der Waals surface area contributed by atoms with Gasteiger partial charge in [0, 0.05) is 32.6 Å². The molecular formula is C46H29NO2. The van der Waals surface area contributed by atoms with Crippen LogP contribution in [0.2, 0.25) is 0 Å². The maximum absolute atomic E-state index is 6.72. The quantitative estimate of drug-likeness (QED) is 0.190. The Morgan fingerprint density at radius 3 is 1.71 bits per heavy atom. The van der Waals surface area contributed by atoms with Crippen molar-refractivity contribution in [1.82, 2.24) is 0 Å². The minimum absolute atomic E-state index is 0.859. The third-order valence-corrected chi connectivity index (χ3v) is 9.66. The first-order chi connectivity index (χ1) is 24.3.